The highest BCUT2D eigenvalue weighted by Crippen LogP contribution is 2.29. The minimum atomic E-state index is -0.197. The van der Waals surface area contributed by atoms with Gasteiger partial charge in [-0.15, -0.1) is 0 Å². The third-order valence-electron chi connectivity index (χ3n) is 4.99. The van der Waals surface area contributed by atoms with Gasteiger partial charge in [0.25, 0.3) is 5.91 Å². The van der Waals surface area contributed by atoms with E-state index in [9.17, 15) is 9.18 Å². The van der Waals surface area contributed by atoms with Crippen molar-refractivity contribution < 1.29 is 18.8 Å². The van der Waals surface area contributed by atoms with Gasteiger partial charge >= 0.3 is 0 Å². The number of piperazine rings is 1. The Labute approximate surface area is 172 Å². The van der Waals surface area contributed by atoms with E-state index in [0.29, 0.717) is 24.0 Å². The number of amides is 1. The van der Waals surface area contributed by atoms with Crippen LogP contribution in [0.4, 0.5) is 15.2 Å². The van der Waals surface area contributed by atoms with E-state index in [2.05, 4.69) is 10.3 Å². The average Bonchev–Trinajstić information content (AvgIpc) is 3.10. The number of carbonyl (C=O) groups is 1. The molecule has 4 rings (SSSR count). The van der Waals surface area contributed by atoms with Crippen molar-refractivity contribution in [1.29, 1.82) is 0 Å². The van der Waals surface area contributed by atoms with Crippen molar-refractivity contribution in [3.05, 3.63) is 48.3 Å². The molecule has 0 radical (unpaired) electrons. The minimum Gasteiger partial charge on any atom is -0.494 e. The zero-order chi connectivity index (χ0) is 20.2. The fourth-order valence-corrected chi connectivity index (χ4v) is 4.46. The Morgan fingerprint density at radius 3 is 2.83 bits per heavy atom. The van der Waals surface area contributed by atoms with Crippen molar-refractivity contribution in [1.82, 2.24) is 4.98 Å². The molecule has 8 heteroatoms. The molecule has 0 saturated carbocycles. The molecule has 2 heterocycles. The van der Waals surface area contributed by atoms with Crippen LogP contribution in [0.5, 0.6) is 5.75 Å². The van der Waals surface area contributed by atoms with Gasteiger partial charge in [-0.2, -0.15) is 0 Å². The smallest absolute Gasteiger partial charge is 0.281 e. The van der Waals surface area contributed by atoms with E-state index < -0.39 is 0 Å². The zero-order valence-corrected chi connectivity index (χ0v) is 17.1. The first kappa shape index (κ1) is 19.6. The maximum atomic E-state index is 14.0. The Hall–Kier alpha value is -2.71. The number of anilines is 2. The lowest BCUT2D eigenvalue weighted by molar-refractivity contribution is -0.892. The van der Waals surface area contributed by atoms with Crippen LogP contribution in [0.3, 0.4) is 0 Å². The number of rotatable bonds is 6. The molecule has 6 nitrogen and oxygen atoms in total. The van der Waals surface area contributed by atoms with Crippen LogP contribution >= 0.6 is 11.3 Å². The molecular formula is C21H24FN4O2S+. The number of quaternary nitrogens is 1. The van der Waals surface area contributed by atoms with Gasteiger partial charge in [-0.1, -0.05) is 23.5 Å². The predicted molar refractivity (Wildman–Crippen MR) is 114 cm³/mol. The summed E-state index contributed by atoms with van der Waals surface area (Å²) in [5.41, 5.74) is 1.48. The van der Waals surface area contributed by atoms with Crippen molar-refractivity contribution in [2.24, 2.45) is 0 Å². The molecule has 2 aromatic carbocycles. The third-order valence-corrected chi connectivity index (χ3v) is 5.93. The van der Waals surface area contributed by atoms with Gasteiger partial charge in [-0.05, 0) is 37.3 Å². The number of nitrogens with one attached hydrogen (secondary N) is 2. The van der Waals surface area contributed by atoms with Crippen molar-refractivity contribution in [2.75, 3.05) is 49.5 Å². The number of halogens is 1. The van der Waals surface area contributed by atoms with Gasteiger partial charge in [0.1, 0.15) is 11.6 Å². The second kappa shape index (κ2) is 8.75. The Balaban J connectivity index is 1.31. The highest BCUT2D eigenvalue weighted by atomic mass is 32.1. The van der Waals surface area contributed by atoms with Crippen LogP contribution < -0.4 is 19.9 Å². The number of hydrogen-bond donors (Lipinski definition) is 2. The van der Waals surface area contributed by atoms with Gasteiger partial charge in [0.05, 0.1) is 48.7 Å². The summed E-state index contributed by atoms with van der Waals surface area (Å²) in [5.74, 6) is 0.555. The van der Waals surface area contributed by atoms with Gasteiger partial charge in [-0.25, -0.2) is 9.37 Å². The molecule has 2 N–H and O–H groups in total. The number of carbonyl (C=O) groups excluding carboxylic acids is 1. The van der Waals surface area contributed by atoms with Crippen molar-refractivity contribution >= 4 is 38.3 Å². The van der Waals surface area contributed by atoms with E-state index in [-0.39, 0.29) is 11.7 Å². The maximum absolute atomic E-state index is 14.0. The summed E-state index contributed by atoms with van der Waals surface area (Å²) in [6, 6.07) is 12.6. The van der Waals surface area contributed by atoms with Crippen LogP contribution in [-0.2, 0) is 4.79 Å². The van der Waals surface area contributed by atoms with E-state index in [4.69, 9.17) is 4.74 Å². The quantitative estimate of drug-likeness (QED) is 0.648. The van der Waals surface area contributed by atoms with Crippen LogP contribution in [0.1, 0.15) is 6.92 Å². The third kappa shape index (κ3) is 4.65. The number of benzene rings is 2. The van der Waals surface area contributed by atoms with Gasteiger partial charge in [0, 0.05) is 0 Å². The van der Waals surface area contributed by atoms with E-state index >= 15 is 0 Å². The summed E-state index contributed by atoms with van der Waals surface area (Å²) in [6.45, 7) is 5.97. The molecule has 0 spiro atoms. The fraction of sp³-hybridized carbons (Fsp3) is 0.333. The van der Waals surface area contributed by atoms with Crippen LogP contribution in [0, 0.1) is 5.82 Å². The highest BCUT2D eigenvalue weighted by Gasteiger charge is 2.24. The van der Waals surface area contributed by atoms with E-state index in [1.54, 1.807) is 12.1 Å². The number of para-hydroxylation sites is 1. The van der Waals surface area contributed by atoms with Crippen molar-refractivity contribution in [3.8, 4) is 5.75 Å². The number of ether oxygens (including phenoxy) is 1. The lowest BCUT2D eigenvalue weighted by Crippen LogP contribution is -3.15. The van der Waals surface area contributed by atoms with Gasteiger partial charge < -0.3 is 14.5 Å². The van der Waals surface area contributed by atoms with Crippen LogP contribution in [0.15, 0.2) is 42.5 Å². The number of fused-ring (bicyclic) bond motifs is 1. The van der Waals surface area contributed by atoms with Crippen LogP contribution in [0.2, 0.25) is 0 Å². The SMILES string of the molecule is CCOc1ccc2nc(NC(=O)C[NH+]3CCN(c4ccccc4F)CC3)sc2c1. The van der Waals surface area contributed by atoms with Gasteiger partial charge in [0.2, 0.25) is 0 Å². The molecule has 0 bridgehead atoms. The zero-order valence-electron chi connectivity index (χ0n) is 16.3. The van der Waals surface area contributed by atoms with Gasteiger partial charge in [0.15, 0.2) is 11.7 Å². The molecule has 1 fully saturated rings. The highest BCUT2D eigenvalue weighted by molar-refractivity contribution is 7.22. The summed E-state index contributed by atoms with van der Waals surface area (Å²) in [5, 5.41) is 3.52. The molecule has 1 aliphatic rings. The molecule has 0 aliphatic carbocycles. The first-order chi connectivity index (χ1) is 14.1. The summed E-state index contributed by atoms with van der Waals surface area (Å²) in [6.07, 6.45) is 0. The lowest BCUT2D eigenvalue weighted by atomic mass is 10.2. The molecule has 0 atom stereocenters. The molecule has 1 amide bonds. The summed E-state index contributed by atoms with van der Waals surface area (Å²) in [7, 11) is 0. The minimum absolute atomic E-state index is 0.0524. The average molecular weight is 416 g/mol. The Kier molecular flexibility index (Phi) is 5.92. The number of nitrogens with zero attached hydrogens (tertiary/aromatic N) is 2. The van der Waals surface area contributed by atoms with E-state index in [1.807, 2.05) is 36.1 Å². The molecule has 3 aromatic rings. The molecule has 29 heavy (non-hydrogen) atoms. The van der Waals surface area contributed by atoms with Crippen LogP contribution in [-0.4, -0.2) is 50.2 Å². The topological polar surface area (TPSA) is 58.9 Å². The molecule has 152 valence electrons. The monoisotopic (exact) mass is 415 g/mol. The molecule has 0 unspecified atom stereocenters. The number of aromatic nitrogens is 1. The number of hydrogen-bond acceptors (Lipinski definition) is 5. The molecule has 1 saturated heterocycles. The lowest BCUT2D eigenvalue weighted by Gasteiger charge is -2.33. The van der Waals surface area contributed by atoms with Crippen molar-refractivity contribution in [3.63, 3.8) is 0 Å². The first-order valence-corrected chi connectivity index (χ1v) is 10.6. The summed E-state index contributed by atoms with van der Waals surface area (Å²) >= 11 is 1.44. The Bertz CT molecular complexity index is 1000. The van der Waals surface area contributed by atoms with E-state index in [1.165, 1.54) is 22.3 Å². The largest absolute Gasteiger partial charge is 0.494 e. The van der Waals surface area contributed by atoms with E-state index in [0.717, 1.165) is 42.1 Å². The second-order valence-electron chi connectivity index (χ2n) is 6.99. The van der Waals surface area contributed by atoms with Crippen molar-refractivity contribution in [2.45, 2.75) is 6.92 Å². The maximum Gasteiger partial charge on any atom is 0.281 e. The Morgan fingerprint density at radius 1 is 1.28 bits per heavy atom. The summed E-state index contributed by atoms with van der Waals surface area (Å²) in [4.78, 5) is 20.2. The number of thiazole rings is 1. The molecule has 1 aliphatic heterocycles. The van der Waals surface area contributed by atoms with Crippen LogP contribution in [0.25, 0.3) is 10.2 Å². The standard InChI is InChI=1S/C21H23FN4O2S/c1-2-28-15-7-8-17-19(13-15)29-21(23-17)24-20(27)14-25-9-11-26(12-10-25)18-6-4-3-5-16(18)22/h3-8,13H,2,9-12,14H2,1H3,(H,23,24,27)/p+1. The fourth-order valence-electron chi connectivity index (χ4n) is 3.55. The normalized spacial score (nSPS) is 14.9. The Morgan fingerprint density at radius 2 is 2.07 bits per heavy atom. The second-order valence-corrected chi connectivity index (χ2v) is 8.03. The first-order valence-electron chi connectivity index (χ1n) is 9.78. The predicted octanol–water partition coefficient (Wildman–Crippen LogP) is 2.18. The molecule has 1 aromatic heterocycles. The van der Waals surface area contributed by atoms with Gasteiger partial charge in [-0.3, -0.25) is 10.1 Å². The molecular weight excluding hydrogens is 391 g/mol. The summed E-state index contributed by atoms with van der Waals surface area (Å²) < 4.78 is 20.5.